The van der Waals surface area contributed by atoms with E-state index in [4.69, 9.17) is 4.74 Å². The fourth-order valence-corrected chi connectivity index (χ4v) is 7.10. The second kappa shape index (κ2) is 9.95. The summed E-state index contributed by atoms with van der Waals surface area (Å²) in [6.45, 7) is 2.47. The van der Waals surface area contributed by atoms with Gasteiger partial charge in [0, 0.05) is 17.5 Å². The van der Waals surface area contributed by atoms with Gasteiger partial charge in [-0.05, 0) is 71.9 Å². The second-order valence-electron chi connectivity index (χ2n) is 10.1. The van der Waals surface area contributed by atoms with E-state index in [1.54, 1.807) is 36.0 Å². The molecule has 7 heteroatoms. The van der Waals surface area contributed by atoms with Crippen LogP contribution in [0, 0.1) is 11.8 Å². The maximum absolute atomic E-state index is 14.1. The standard InChI is InChI=1S/C31H30N2O4S/c1-3-37-19-14-12-18(13-15-19)32-29(34)24(16-17-38-2)33-30(35)27-25-20-8-4-5-9-21(20)26(28(27)31(33)36)23-11-7-6-10-22(23)25/h4-15,24-28H,3,16-17H2,1-2H3,(H,32,34). The second-order valence-corrected chi connectivity index (χ2v) is 11.0. The third-order valence-electron chi connectivity index (χ3n) is 8.13. The molecule has 0 radical (unpaired) electrons. The smallest absolute Gasteiger partial charge is 0.247 e. The summed E-state index contributed by atoms with van der Waals surface area (Å²) in [6.07, 6.45) is 2.36. The number of carbonyl (C=O) groups is 3. The number of likely N-dealkylation sites (tertiary alicyclic amines) is 1. The van der Waals surface area contributed by atoms with E-state index in [0.717, 1.165) is 22.3 Å². The summed E-state index contributed by atoms with van der Waals surface area (Å²) in [5.41, 5.74) is 5.10. The Bertz CT molecular complexity index is 1290. The molecule has 6 nitrogen and oxygen atoms in total. The number of thioether (sulfide) groups is 1. The Morgan fingerprint density at radius 2 is 1.37 bits per heavy atom. The third kappa shape index (κ3) is 3.83. The summed E-state index contributed by atoms with van der Waals surface area (Å²) in [5.74, 6) is -0.790. The molecule has 4 aliphatic rings. The first kappa shape index (κ1) is 24.7. The fraction of sp³-hybridized carbons (Fsp3) is 0.323. The van der Waals surface area contributed by atoms with Gasteiger partial charge in [-0.2, -0.15) is 11.8 Å². The van der Waals surface area contributed by atoms with E-state index < -0.39 is 17.9 Å². The van der Waals surface area contributed by atoms with Crippen LogP contribution < -0.4 is 10.1 Å². The lowest BCUT2D eigenvalue weighted by Crippen LogP contribution is -2.48. The summed E-state index contributed by atoms with van der Waals surface area (Å²) in [5, 5.41) is 2.94. The summed E-state index contributed by atoms with van der Waals surface area (Å²) >= 11 is 1.60. The lowest BCUT2D eigenvalue weighted by molar-refractivity contribution is -0.146. The molecular formula is C31H30N2O4S. The van der Waals surface area contributed by atoms with Gasteiger partial charge >= 0.3 is 0 Å². The highest BCUT2D eigenvalue weighted by molar-refractivity contribution is 7.98. The van der Waals surface area contributed by atoms with Crippen LogP contribution in [-0.2, 0) is 14.4 Å². The van der Waals surface area contributed by atoms with Crippen molar-refractivity contribution in [2.75, 3.05) is 23.9 Å². The number of nitrogens with zero attached hydrogens (tertiary/aromatic N) is 1. The largest absolute Gasteiger partial charge is 0.494 e. The van der Waals surface area contributed by atoms with Crippen molar-refractivity contribution in [2.45, 2.75) is 31.2 Å². The lowest BCUT2D eigenvalue weighted by Gasteiger charge is -2.45. The Morgan fingerprint density at radius 3 is 1.82 bits per heavy atom. The zero-order chi connectivity index (χ0) is 26.4. The van der Waals surface area contributed by atoms with Crippen LogP contribution in [0.15, 0.2) is 72.8 Å². The van der Waals surface area contributed by atoms with Gasteiger partial charge in [0.2, 0.25) is 17.7 Å². The molecule has 3 aliphatic carbocycles. The Hall–Kier alpha value is -3.58. The van der Waals surface area contributed by atoms with Gasteiger partial charge in [-0.1, -0.05) is 48.5 Å². The maximum atomic E-state index is 14.1. The van der Waals surface area contributed by atoms with E-state index in [9.17, 15) is 14.4 Å². The fourth-order valence-electron chi connectivity index (χ4n) is 6.64. The van der Waals surface area contributed by atoms with Gasteiger partial charge in [0.15, 0.2) is 0 Å². The highest BCUT2D eigenvalue weighted by atomic mass is 32.2. The van der Waals surface area contributed by atoms with E-state index in [1.807, 2.05) is 37.4 Å². The number of ether oxygens (including phenoxy) is 1. The monoisotopic (exact) mass is 526 g/mol. The van der Waals surface area contributed by atoms with Crippen LogP contribution in [0.25, 0.3) is 0 Å². The quantitative estimate of drug-likeness (QED) is 0.417. The van der Waals surface area contributed by atoms with Gasteiger partial charge in [0.1, 0.15) is 11.8 Å². The molecule has 0 spiro atoms. The van der Waals surface area contributed by atoms with Crippen molar-refractivity contribution in [2.24, 2.45) is 11.8 Å². The van der Waals surface area contributed by atoms with E-state index in [0.29, 0.717) is 30.2 Å². The minimum Gasteiger partial charge on any atom is -0.494 e. The first-order valence-electron chi connectivity index (χ1n) is 13.1. The first-order chi connectivity index (χ1) is 18.5. The average molecular weight is 527 g/mol. The Kier molecular flexibility index (Phi) is 6.48. The van der Waals surface area contributed by atoms with Crippen LogP contribution in [0.5, 0.6) is 5.75 Å². The SMILES string of the molecule is CCOc1ccc(NC(=O)C(CCSC)N2C(=O)C3C4c5ccccc5C(c5ccccc54)C3C2=O)cc1. The predicted octanol–water partition coefficient (Wildman–Crippen LogP) is 5.04. The first-order valence-corrected chi connectivity index (χ1v) is 14.5. The van der Waals surface area contributed by atoms with Crippen molar-refractivity contribution in [3.8, 4) is 5.75 Å². The number of imide groups is 1. The predicted molar refractivity (Wildman–Crippen MR) is 148 cm³/mol. The van der Waals surface area contributed by atoms with Gasteiger partial charge in [-0.3, -0.25) is 19.3 Å². The molecule has 3 aromatic rings. The zero-order valence-corrected chi connectivity index (χ0v) is 22.2. The Balaban J connectivity index is 1.35. The molecule has 7 rings (SSSR count). The minimum absolute atomic E-state index is 0.186. The van der Waals surface area contributed by atoms with E-state index in [1.165, 1.54) is 4.90 Å². The van der Waals surface area contributed by atoms with Crippen LogP contribution in [-0.4, -0.2) is 47.3 Å². The molecule has 3 aromatic carbocycles. The molecule has 0 aromatic heterocycles. The van der Waals surface area contributed by atoms with Crippen molar-refractivity contribution in [1.29, 1.82) is 0 Å². The highest BCUT2D eigenvalue weighted by Gasteiger charge is 2.62. The lowest BCUT2D eigenvalue weighted by atomic mass is 9.55. The van der Waals surface area contributed by atoms with Crippen molar-refractivity contribution in [1.82, 2.24) is 4.90 Å². The Labute approximate surface area is 226 Å². The molecule has 0 saturated carbocycles. The molecule has 1 heterocycles. The molecule has 194 valence electrons. The summed E-state index contributed by atoms with van der Waals surface area (Å²) < 4.78 is 5.50. The third-order valence-corrected chi connectivity index (χ3v) is 8.77. The molecule has 1 fully saturated rings. The van der Waals surface area contributed by atoms with Gasteiger partial charge < -0.3 is 10.1 Å². The van der Waals surface area contributed by atoms with Crippen LogP contribution in [0.3, 0.4) is 0 Å². The number of rotatable bonds is 8. The number of carbonyl (C=O) groups excluding carboxylic acids is 3. The van der Waals surface area contributed by atoms with Crippen molar-refractivity contribution in [3.63, 3.8) is 0 Å². The molecule has 2 bridgehead atoms. The van der Waals surface area contributed by atoms with Crippen LogP contribution in [0.4, 0.5) is 5.69 Å². The Morgan fingerprint density at radius 1 is 0.868 bits per heavy atom. The molecule has 38 heavy (non-hydrogen) atoms. The molecule has 3 atom stereocenters. The topological polar surface area (TPSA) is 75.7 Å². The van der Waals surface area contributed by atoms with Crippen molar-refractivity contribution < 1.29 is 19.1 Å². The van der Waals surface area contributed by atoms with Gasteiger partial charge in [0.05, 0.1) is 18.4 Å². The zero-order valence-electron chi connectivity index (χ0n) is 21.4. The molecule has 1 aliphatic heterocycles. The van der Waals surface area contributed by atoms with Gasteiger partial charge in [-0.25, -0.2) is 0 Å². The van der Waals surface area contributed by atoms with E-state index in [2.05, 4.69) is 29.6 Å². The van der Waals surface area contributed by atoms with Crippen LogP contribution in [0.1, 0.15) is 47.4 Å². The number of nitrogens with one attached hydrogen (secondary N) is 1. The average Bonchev–Trinajstić information content (AvgIpc) is 3.20. The molecule has 1 N–H and O–H groups in total. The summed E-state index contributed by atoms with van der Waals surface area (Å²) in [6, 6.07) is 22.6. The molecular weight excluding hydrogens is 496 g/mol. The highest BCUT2D eigenvalue weighted by Crippen LogP contribution is 2.61. The van der Waals surface area contributed by atoms with Crippen LogP contribution in [0.2, 0.25) is 0 Å². The van der Waals surface area contributed by atoms with Crippen LogP contribution >= 0.6 is 11.8 Å². The number of benzene rings is 3. The van der Waals surface area contributed by atoms with Gasteiger partial charge in [0.25, 0.3) is 0 Å². The number of amides is 3. The summed E-state index contributed by atoms with van der Waals surface area (Å²) in [7, 11) is 0. The number of hydrogen-bond acceptors (Lipinski definition) is 5. The number of hydrogen-bond donors (Lipinski definition) is 1. The van der Waals surface area contributed by atoms with Crippen molar-refractivity contribution in [3.05, 3.63) is 95.1 Å². The van der Waals surface area contributed by atoms with Crippen molar-refractivity contribution >= 4 is 35.2 Å². The maximum Gasteiger partial charge on any atom is 0.247 e. The molecule has 1 saturated heterocycles. The van der Waals surface area contributed by atoms with Gasteiger partial charge in [-0.15, -0.1) is 0 Å². The minimum atomic E-state index is -0.870. The van der Waals surface area contributed by atoms with E-state index >= 15 is 0 Å². The van der Waals surface area contributed by atoms with E-state index in [-0.39, 0.29) is 29.6 Å². The normalized spacial score (nSPS) is 23.5. The molecule has 3 amide bonds. The molecule has 3 unspecified atom stereocenters. The summed E-state index contributed by atoms with van der Waals surface area (Å²) in [4.78, 5) is 43.2. The number of anilines is 1.